The Morgan fingerprint density at radius 1 is 1.37 bits per heavy atom. The second kappa shape index (κ2) is 5.20. The molecule has 2 aliphatic rings. The van der Waals surface area contributed by atoms with Gasteiger partial charge in [0.05, 0.1) is 6.10 Å². The third-order valence-corrected chi connectivity index (χ3v) is 4.80. The molecule has 2 amide bonds. The number of carboxylic acids is 1. The predicted molar refractivity (Wildman–Crippen MR) is 72.3 cm³/mol. The van der Waals surface area contributed by atoms with Gasteiger partial charge >= 0.3 is 12.0 Å². The molecule has 0 spiro atoms. The Kier molecular flexibility index (Phi) is 3.96. The van der Waals surface area contributed by atoms with Crippen molar-refractivity contribution in [1.82, 2.24) is 9.80 Å². The molecule has 108 valence electrons. The molecule has 0 aliphatic carbocycles. The minimum atomic E-state index is -1.05. The van der Waals surface area contributed by atoms with Crippen LogP contribution in [0.4, 0.5) is 4.79 Å². The van der Waals surface area contributed by atoms with Crippen molar-refractivity contribution in [3.8, 4) is 0 Å². The van der Waals surface area contributed by atoms with Crippen molar-refractivity contribution in [3.05, 3.63) is 0 Å². The summed E-state index contributed by atoms with van der Waals surface area (Å²) in [5.41, 5.74) is 0. The number of nitrogens with zero attached hydrogens (tertiary/aromatic N) is 2. The van der Waals surface area contributed by atoms with Crippen molar-refractivity contribution in [2.45, 2.75) is 37.2 Å². The molecule has 2 aliphatic heterocycles. The summed E-state index contributed by atoms with van der Waals surface area (Å²) in [4.78, 5) is 26.6. The van der Waals surface area contributed by atoms with Gasteiger partial charge in [-0.15, -0.1) is 0 Å². The molecule has 0 aromatic carbocycles. The van der Waals surface area contributed by atoms with Crippen molar-refractivity contribution in [3.63, 3.8) is 0 Å². The minimum Gasteiger partial charge on any atom is -0.480 e. The number of hydrogen-bond acceptors (Lipinski definition) is 4. The van der Waals surface area contributed by atoms with Gasteiger partial charge in [-0.05, 0) is 13.8 Å². The van der Waals surface area contributed by atoms with Crippen LogP contribution < -0.4 is 0 Å². The summed E-state index contributed by atoms with van der Waals surface area (Å²) in [5.74, 6) is -0.192. The van der Waals surface area contributed by atoms with E-state index in [1.807, 2.05) is 11.8 Å². The van der Waals surface area contributed by atoms with Gasteiger partial charge in [0, 0.05) is 36.6 Å². The van der Waals surface area contributed by atoms with Crippen molar-refractivity contribution < 1.29 is 19.8 Å². The van der Waals surface area contributed by atoms with E-state index in [2.05, 4.69) is 13.8 Å². The average Bonchev–Trinajstić information content (AvgIpc) is 2.69. The van der Waals surface area contributed by atoms with E-state index in [1.165, 1.54) is 4.90 Å². The van der Waals surface area contributed by atoms with Gasteiger partial charge in [-0.1, -0.05) is 0 Å². The third-order valence-electron chi connectivity index (χ3n) is 3.51. The molecule has 0 aromatic heterocycles. The van der Waals surface area contributed by atoms with Gasteiger partial charge in [-0.3, -0.25) is 0 Å². The maximum atomic E-state index is 12.4. The van der Waals surface area contributed by atoms with E-state index in [4.69, 9.17) is 5.11 Å². The van der Waals surface area contributed by atoms with E-state index in [9.17, 15) is 14.7 Å². The highest BCUT2D eigenvalue weighted by Crippen LogP contribution is 2.31. The molecule has 7 heteroatoms. The van der Waals surface area contributed by atoms with Crippen molar-refractivity contribution in [1.29, 1.82) is 0 Å². The molecule has 0 bridgehead atoms. The standard InChI is InChI=1S/C12H20N2O4S/c1-12(2)7-13(3-4-19-12)11(18)14-6-8(15)5-9(14)10(16)17/h8-9,15H,3-7H2,1-2H3,(H,16,17)/t8?,9-/m0/s1. The Morgan fingerprint density at radius 3 is 2.63 bits per heavy atom. The van der Waals surface area contributed by atoms with Gasteiger partial charge in [-0.2, -0.15) is 11.8 Å². The van der Waals surface area contributed by atoms with Crippen LogP contribution in [0.2, 0.25) is 0 Å². The van der Waals surface area contributed by atoms with Gasteiger partial charge in [-0.25, -0.2) is 9.59 Å². The predicted octanol–water partition coefficient (Wildman–Crippen LogP) is 0.454. The van der Waals surface area contributed by atoms with Crippen LogP contribution in [0.25, 0.3) is 0 Å². The SMILES string of the molecule is CC1(C)CN(C(=O)N2CC(O)C[C@H]2C(=O)O)CCS1. The highest BCUT2D eigenvalue weighted by molar-refractivity contribution is 8.00. The van der Waals surface area contributed by atoms with Crippen LogP contribution in [0, 0.1) is 0 Å². The highest BCUT2D eigenvalue weighted by Gasteiger charge is 2.42. The third kappa shape index (κ3) is 3.14. The van der Waals surface area contributed by atoms with Gasteiger partial charge < -0.3 is 20.0 Å². The summed E-state index contributed by atoms with van der Waals surface area (Å²) < 4.78 is -0.00896. The summed E-state index contributed by atoms with van der Waals surface area (Å²) >= 11 is 1.81. The fourth-order valence-electron chi connectivity index (χ4n) is 2.62. The van der Waals surface area contributed by atoms with E-state index in [-0.39, 0.29) is 23.7 Å². The number of β-amino-alcohol motifs (C(OH)–C–C–N with tert-alkyl or cyclic N) is 1. The normalized spacial score (nSPS) is 30.5. The summed E-state index contributed by atoms with van der Waals surface area (Å²) in [7, 11) is 0. The maximum Gasteiger partial charge on any atom is 0.326 e. The number of carboxylic acid groups (broad SMARTS) is 1. The van der Waals surface area contributed by atoms with Crippen LogP contribution in [-0.2, 0) is 4.79 Å². The van der Waals surface area contributed by atoms with Crippen LogP contribution in [0.3, 0.4) is 0 Å². The monoisotopic (exact) mass is 288 g/mol. The van der Waals surface area contributed by atoms with Crippen molar-refractivity contribution in [2.75, 3.05) is 25.4 Å². The van der Waals surface area contributed by atoms with Gasteiger partial charge in [0.1, 0.15) is 6.04 Å². The molecule has 2 saturated heterocycles. The van der Waals surface area contributed by atoms with Gasteiger partial charge in [0.25, 0.3) is 0 Å². The second-order valence-electron chi connectivity index (χ2n) is 5.71. The largest absolute Gasteiger partial charge is 0.480 e. The first-order chi connectivity index (χ1) is 8.80. The number of aliphatic hydroxyl groups is 1. The molecule has 1 unspecified atom stereocenters. The number of carbonyl (C=O) groups excluding carboxylic acids is 1. The lowest BCUT2D eigenvalue weighted by atomic mass is 10.2. The molecule has 2 N–H and O–H groups in total. The first-order valence-electron chi connectivity index (χ1n) is 6.40. The van der Waals surface area contributed by atoms with E-state index >= 15 is 0 Å². The minimum absolute atomic E-state index is 0.00896. The topological polar surface area (TPSA) is 81.1 Å². The number of urea groups is 1. The van der Waals surface area contributed by atoms with Crippen LogP contribution in [0.15, 0.2) is 0 Å². The lowest BCUT2D eigenvalue weighted by molar-refractivity contribution is -0.141. The fraction of sp³-hybridized carbons (Fsp3) is 0.833. The molecule has 0 radical (unpaired) electrons. The van der Waals surface area contributed by atoms with E-state index in [0.29, 0.717) is 13.1 Å². The Labute approximate surface area is 116 Å². The first kappa shape index (κ1) is 14.5. The number of aliphatic carboxylic acids is 1. The zero-order valence-corrected chi connectivity index (χ0v) is 12.0. The molecule has 0 aromatic rings. The van der Waals surface area contributed by atoms with Crippen LogP contribution >= 0.6 is 11.8 Å². The second-order valence-corrected chi connectivity index (χ2v) is 7.51. The molecule has 19 heavy (non-hydrogen) atoms. The van der Waals surface area contributed by atoms with E-state index in [0.717, 1.165) is 5.75 Å². The van der Waals surface area contributed by atoms with Crippen LogP contribution in [0.5, 0.6) is 0 Å². The Morgan fingerprint density at radius 2 is 2.05 bits per heavy atom. The number of rotatable bonds is 1. The zero-order chi connectivity index (χ0) is 14.2. The fourth-order valence-corrected chi connectivity index (χ4v) is 3.73. The zero-order valence-electron chi connectivity index (χ0n) is 11.2. The molecular weight excluding hydrogens is 268 g/mol. The van der Waals surface area contributed by atoms with Crippen LogP contribution in [-0.4, -0.2) is 74.3 Å². The summed E-state index contributed by atoms with van der Waals surface area (Å²) in [6, 6.07) is -1.17. The summed E-state index contributed by atoms with van der Waals surface area (Å²) in [6.07, 6.45) is -0.621. The number of thioether (sulfide) groups is 1. The summed E-state index contributed by atoms with van der Waals surface area (Å²) in [5, 5.41) is 18.7. The maximum absolute atomic E-state index is 12.4. The molecule has 2 rings (SSSR count). The molecule has 6 nitrogen and oxygen atoms in total. The van der Waals surface area contributed by atoms with Gasteiger partial charge in [0.15, 0.2) is 0 Å². The molecule has 2 atom stereocenters. The number of likely N-dealkylation sites (tertiary alicyclic amines) is 1. The Balaban J connectivity index is 2.08. The summed E-state index contributed by atoms with van der Waals surface area (Å²) in [6.45, 7) is 5.50. The number of carbonyl (C=O) groups is 2. The molecular formula is C12H20N2O4S. The number of hydrogen-bond donors (Lipinski definition) is 2. The van der Waals surface area contributed by atoms with Crippen molar-refractivity contribution >= 4 is 23.8 Å². The molecule has 0 saturated carbocycles. The first-order valence-corrected chi connectivity index (χ1v) is 7.39. The highest BCUT2D eigenvalue weighted by atomic mass is 32.2. The van der Waals surface area contributed by atoms with E-state index in [1.54, 1.807) is 4.90 Å². The number of aliphatic hydroxyl groups excluding tert-OH is 1. The smallest absolute Gasteiger partial charge is 0.326 e. The lowest BCUT2D eigenvalue weighted by Crippen LogP contribution is -2.53. The van der Waals surface area contributed by atoms with Crippen LogP contribution in [0.1, 0.15) is 20.3 Å². The van der Waals surface area contributed by atoms with Crippen molar-refractivity contribution in [2.24, 2.45) is 0 Å². The average molecular weight is 288 g/mol. The Bertz CT molecular complexity index is 388. The quantitative estimate of drug-likeness (QED) is 0.732. The number of amides is 2. The Hall–Kier alpha value is -0.950. The molecule has 2 heterocycles. The van der Waals surface area contributed by atoms with E-state index < -0.39 is 18.1 Å². The van der Waals surface area contributed by atoms with Gasteiger partial charge in [0.2, 0.25) is 0 Å². The lowest BCUT2D eigenvalue weighted by Gasteiger charge is -2.39. The molecule has 2 fully saturated rings.